The molecule has 3 rings (SSSR count). The van der Waals surface area contributed by atoms with Gasteiger partial charge in [0.1, 0.15) is 5.75 Å². The van der Waals surface area contributed by atoms with Gasteiger partial charge in [0.15, 0.2) is 12.4 Å². The average molecular weight is 344 g/mol. The Morgan fingerprint density at radius 2 is 2.00 bits per heavy atom. The smallest absolute Gasteiger partial charge is 0.265 e. The molecule has 1 aliphatic heterocycles. The van der Waals surface area contributed by atoms with Crippen LogP contribution in [0.1, 0.15) is 29.8 Å². The van der Waals surface area contributed by atoms with E-state index < -0.39 is 0 Å². The zero-order chi connectivity index (χ0) is 17.3. The Hall–Kier alpha value is -2.33. The van der Waals surface area contributed by atoms with Crippen molar-refractivity contribution in [3.63, 3.8) is 0 Å². The van der Waals surface area contributed by atoms with Crippen LogP contribution < -0.4 is 9.64 Å². The average Bonchev–Trinajstić information content (AvgIpc) is 2.89. The maximum Gasteiger partial charge on any atom is 0.265 e. The Bertz CT molecular complexity index is 803. The first-order chi connectivity index (χ1) is 11.5. The van der Waals surface area contributed by atoms with Crippen molar-refractivity contribution in [1.29, 1.82) is 0 Å². The lowest BCUT2D eigenvalue weighted by molar-refractivity contribution is -0.120. The molecule has 24 heavy (non-hydrogen) atoms. The first-order valence-corrected chi connectivity index (χ1v) is 8.18. The van der Waals surface area contributed by atoms with Gasteiger partial charge in [-0.25, -0.2) is 0 Å². The molecule has 1 atom stereocenters. The lowest BCUT2D eigenvalue weighted by Gasteiger charge is -2.23. The largest absolute Gasteiger partial charge is 0.483 e. The highest BCUT2D eigenvalue weighted by Crippen LogP contribution is 2.32. The van der Waals surface area contributed by atoms with E-state index in [1.165, 1.54) is 6.92 Å². The lowest BCUT2D eigenvalue weighted by Crippen LogP contribution is -2.39. The van der Waals surface area contributed by atoms with E-state index in [-0.39, 0.29) is 24.3 Å². The summed E-state index contributed by atoms with van der Waals surface area (Å²) in [5, 5.41) is 0.459. The van der Waals surface area contributed by atoms with E-state index in [0.29, 0.717) is 16.3 Å². The molecule has 0 N–H and O–H groups in total. The predicted octanol–water partition coefficient (Wildman–Crippen LogP) is 3.90. The Morgan fingerprint density at radius 1 is 1.25 bits per heavy atom. The fourth-order valence-electron chi connectivity index (χ4n) is 3.06. The van der Waals surface area contributed by atoms with Crippen molar-refractivity contribution in [2.75, 3.05) is 11.5 Å². The van der Waals surface area contributed by atoms with Gasteiger partial charge in [0, 0.05) is 16.8 Å². The molecule has 0 aliphatic carbocycles. The number of nitrogens with zero attached hydrogens (tertiary/aromatic N) is 1. The van der Waals surface area contributed by atoms with Crippen molar-refractivity contribution < 1.29 is 14.3 Å². The Balaban J connectivity index is 1.76. The van der Waals surface area contributed by atoms with Crippen LogP contribution in [0.5, 0.6) is 5.75 Å². The second-order valence-corrected chi connectivity index (χ2v) is 6.37. The number of anilines is 1. The summed E-state index contributed by atoms with van der Waals surface area (Å²) in [5.74, 6) is 0.0946. The van der Waals surface area contributed by atoms with E-state index in [4.69, 9.17) is 16.3 Å². The van der Waals surface area contributed by atoms with Gasteiger partial charge in [-0.1, -0.05) is 29.8 Å². The number of Topliss-reactive ketones (excluding diaryl/α,β-unsaturated/α-hetero) is 1. The van der Waals surface area contributed by atoms with Gasteiger partial charge in [0.25, 0.3) is 5.91 Å². The van der Waals surface area contributed by atoms with Crippen molar-refractivity contribution in [2.45, 2.75) is 26.3 Å². The van der Waals surface area contributed by atoms with Crippen molar-refractivity contribution >= 4 is 29.0 Å². The van der Waals surface area contributed by atoms with Gasteiger partial charge in [-0.05, 0) is 50.1 Å². The molecular weight excluding hydrogens is 326 g/mol. The molecule has 1 aliphatic rings. The van der Waals surface area contributed by atoms with E-state index >= 15 is 0 Å². The van der Waals surface area contributed by atoms with Gasteiger partial charge >= 0.3 is 0 Å². The molecule has 0 saturated carbocycles. The normalized spacial score (nSPS) is 16.0. The number of amides is 1. The number of fused-ring (bicyclic) bond motifs is 1. The summed E-state index contributed by atoms with van der Waals surface area (Å²) < 4.78 is 5.62. The van der Waals surface area contributed by atoms with E-state index in [9.17, 15) is 9.59 Å². The number of hydrogen-bond donors (Lipinski definition) is 0. The number of ether oxygens (including phenoxy) is 1. The van der Waals surface area contributed by atoms with Crippen molar-refractivity contribution in [2.24, 2.45) is 0 Å². The van der Waals surface area contributed by atoms with Crippen LogP contribution >= 0.6 is 11.6 Å². The summed E-state index contributed by atoms with van der Waals surface area (Å²) in [6, 6.07) is 12.8. The predicted molar refractivity (Wildman–Crippen MR) is 94.0 cm³/mol. The van der Waals surface area contributed by atoms with Gasteiger partial charge in [0.2, 0.25) is 0 Å². The molecule has 2 aromatic rings. The Kier molecular flexibility index (Phi) is 4.58. The lowest BCUT2D eigenvalue weighted by atomic mass is 10.1. The number of rotatable bonds is 4. The first kappa shape index (κ1) is 16.5. The number of carbonyl (C=O) groups excluding carboxylic acids is 2. The fourth-order valence-corrected chi connectivity index (χ4v) is 3.23. The molecular formula is C19H18ClNO3. The number of benzene rings is 2. The molecule has 124 valence electrons. The summed E-state index contributed by atoms with van der Waals surface area (Å²) in [4.78, 5) is 26.1. The van der Waals surface area contributed by atoms with Crippen molar-refractivity contribution in [3.05, 3.63) is 58.6 Å². The highest BCUT2D eigenvalue weighted by molar-refractivity contribution is 6.31. The molecule has 0 radical (unpaired) electrons. The second-order valence-electron chi connectivity index (χ2n) is 5.93. The van der Waals surface area contributed by atoms with Gasteiger partial charge in [-0.3, -0.25) is 9.59 Å². The molecule has 1 heterocycles. The third-order valence-corrected chi connectivity index (χ3v) is 4.38. The zero-order valence-electron chi connectivity index (χ0n) is 13.6. The summed E-state index contributed by atoms with van der Waals surface area (Å²) in [6.07, 6.45) is 0.835. The summed E-state index contributed by atoms with van der Waals surface area (Å²) >= 11 is 5.92. The molecule has 0 saturated heterocycles. The van der Waals surface area contributed by atoms with Gasteiger partial charge < -0.3 is 9.64 Å². The van der Waals surface area contributed by atoms with E-state index in [1.807, 2.05) is 31.2 Å². The molecule has 0 spiro atoms. The highest BCUT2D eigenvalue weighted by atomic mass is 35.5. The van der Waals surface area contributed by atoms with E-state index in [1.54, 1.807) is 23.1 Å². The highest BCUT2D eigenvalue weighted by Gasteiger charge is 2.30. The summed E-state index contributed by atoms with van der Waals surface area (Å²) in [6.45, 7) is 3.33. The van der Waals surface area contributed by atoms with Crippen LogP contribution in [0.4, 0.5) is 5.69 Å². The van der Waals surface area contributed by atoms with Gasteiger partial charge in [-0.15, -0.1) is 0 Å². The standard InChI is InChI=1S/C19H18ClNO3/c1-12-9-14-5-3-4-6-17(14)21(12)19(23)11-24-18-8-7-15(20)10-16(18)13(2)22/h3-8,10,12H,9,11H2,1-2H3/t12-/m0/s1. The van der Waals surface area contributed by atoms with Crippen LogP contribution in [0, 0.1) is 0 Å². The van der Waals surface area contributed by atoms with E-state index in [0.717, 1.165) is 17.7 Å². The first-order valence-electron chi connectivity index (χ1n) is 7.80. The van der Waals surface area contributed by atoms with Crippen molar-refractivity contribution in [1.82, 2.24) is 0 Å². The molecule has 0 bridgehead atoms. The van der Waals surface area contributed by atoms with Crippen LogP contribution in [0.15, 0.2) is 42.5 Å². The number of hydrogen-bond acceptors (Lipinski definition) is 3. The molecule has 0 fully saturated rings. The fraction of sp³-hybridized carbons (Fsp3) is 0.263. The van der Waals surface area contributed by atoms with Crippen LogP contribution in [0.25, 0.3) is 0 Å². The maximum atomic E-state index is 12.6. The van der Waals surface area contributed by atoms with Crippen LogP contribution in [0.3, 0.4) is 0 Å². The minimum absolute atomic E-state index is 0.0935. The molecule has 5 heteroatoms. The number of para-hydroxylation sites is 1. The second kappa shape index (κ2) is 6.65. The minimum atomic E-state index is -0.153. The molecule has 2 aromatic carbocycles. The molecule has 0 unspecified atom stereocenters. The summed E-state index contributed by atoms with van der Waals surface area (Å²) in [7, 11) is 0. The summed E-state index contributed by atoms with van der Waals surface area (Å²) in [5.41, 5.74) is 2.47. The van der Waals surface area contributed by atoms with Gasteiger partial charge in [-0.2, -0.15) is 0 Å². The molecule has 4 nitrogen and oxygen atoms in total. The number of ketones is 1. The molecule has 0 aromatic heterocycles. The monoisotopic (exact) mass is 343 g/mol. The quantitative estimate of drug-likeness (QED) is 0.791. The van der Waals surface area contributed by atoms with Crippen molar-refractivity contribution in [3.8, 4) is 5.75 Å². The maximum absolute atomic E-state index is 12.6. The SMILES string of the molecule is CC(=O)c1cc(Cl)ccc1OCC(=O)N1c2ccccc2C[C@@H]1C. The molecule has 1 amide bonds. The third kappa shape index (κ3) is 3.15. The van der Waals surface area contributed by atoms with Crippen LogP contribution in [-0.4, -0.2) is 24.3 Å². The van der Waals surface area contributed by atoms with Crippen LogP contribution in [0.2, 0.25) is 5.02 Å². The number of halogens is 1. The van der Waals surface area contributed by atoms with E-state index in [2.05, 4.69) is 0 Å². The Labute approximate surface area is 146 Å². The van der Waals surface area contributed by atoms with Crippen LogP contribution in [-0.2, 0) is 11.2 Å². The topological polar surface area (TPSA) is 46.6 Å². The Morgan fingerprint density at radius 3 is 2.75 bits per heavy atom. The van der Waals surface area contributed by atoms with Gasteiger partial charge in [0.05, 0.1) is 5.56 Å². The number of carbonyl (C=O) groups is 2. The third-order valence-electron chi connectivity index (χ3n) is 4.15. The minimum Gasteiger partial charge on any atom is -0.483 e. The zero-order valence-corrected chi connectivity index (χ0v) is 14.3.